The van der Waals surface area contributed by atoms with E-state index < -0.39 is 5.60 Å². The average Bonchev–Trinajstić information content (AvgIpc) is 2.25. The van der Waals surface area contributed by atoms with Gasteiger partial charge in [-0.3, -0.25) is 0 Å². The fraction of sp³-hybridized carbons (Fsp3) is 0.923. The topological polar surface area (TPSA) is 38.8 Å². The van der Waals surface area contributed by atoms with E-state index in [1.807, 2.05) is 20.8 Å². The van der Waals surface area contributed by atoms with Gasteiger partial charge >= 0.3 is 6.09 Å². The summed E-state index contributed by atoms with van der Waals surface area (Å²) in [4.78, 5) is 13.7. The normalized spacial score (nSPS) is 25.8. The molecule has 0 saturated carbocycles. The number of nitrogens with zero attached hydrogens (tertiary/aromatic N) is 1. The minimum Gasteiger partial charge on any atom is -0.444 e. The summed E-state index contributed by atoms with van der Waals surface area (Å²) in [6.45, 7) is 9.24. The lowest BCUT2D eigenvalue weighted by molar-refractivity contribution is -0.0293. The van der Waals surface area contributed by atoms with E-state index in [4.69, 9.17) is 9.47 Å². The van der Waals surface area contributed by atoms with Crippen LogP contribution >= 0.6 is 0 Å². The summed E-state index contributed by atoms with van der Waals surface area (Å²) in [6.07, 6.45) is 2.00. The van der Waals surface area contributed by atoms with E-state index in [1.54, 1.807) is 12.0 Å². The van der Waals surface area contributed by atoms with Crippen molar-refractivity contribution in [2.75, 3.05) is 20.2 Å². The summed E-state index contributed by atoms with van der Waals surface area (Å²) in [5.74, 6) is 0.554. The molecule has 1 rings (SSSR count). The maximum absolute atomic E-state index is 11.9. The number of likely N-dealkylation sites (tertiary alicyclic amines) is 1. The van der Waals surface area contributed by atoms with Crippen LogP contribution in [0.1, 0.15) is 40.5 Å². The second-order valence-electron chi connectivity index (χ2n) is 5.66. The summed E-state index contributed by atoms with van der Waals surface area (Å²) in [6, 6.07) is 0. The van der Waals surface area contributed by atoms with Crippen LogP contribution in [0.2, 0.25) is 0 Å². The molecule has 0 aromatic heterocycles. The summed E-state index contributed by atoms with van der Waals surface area (Å²) < 4.78 is 10.8. The van der Waals surface area contributed by atoms with Crippen LogP contribution in [0.5, 0.6) is 0 Å². The number of carbonyl (C=O) groups is 1. The molecule has 0 spiro atoms. The molecule has 1 fully saturated rings. The van der Waals surface area contributed by atoms with E-state index >= 15 is 0 Å². The van der Waals surface area contributed by atoms with Gasteiger partial charge in [0.05, 0.1) is 12.6 Å². The third kappa shape index (κ3) is 4.19. The molecule has 1 saturated heterocycles. The van der Waals surface area contributed by atoms with Crippen LogP contribution in [0.25, 0.3) is 0 Å². The summed E-state index contributed by atoms with van der Waals surface area (Å²) in [5, 5.41) is 0. The van der Waals surface area contributed by atoms with Gasteiger partial charge in [-0.1, -0.05) is 13.3 Å². The summed E-state index contributed by atoms with van der Waals surface area (Å²) in [5.41, 5.74) is -0.429. The zero-order valence-electron chi connectivity index (χ0n) is 11.7. The quantitative estimate of drug-likeness (QED) is 0.748. The highest BCUT2D eigenvalue weighted by molar-refractivity contribution is 5.68. The maximum atomic E-state index is 11.9. The predicted molar refractivity (Wildman–Crippen MR) is 67.0 cm³/mol. The van der Waals surface area contributed by atoms with Gasteiger partial charge in [-0.15, -0.1) is 0 Å². The van der Waals surface area contributed by atoms with E-state index in [-0.39, 0.29) is 12.2 Å². The molecule has 4 nitrogen and oxygen atoms in total. The number of ether oxygens (including phenoxy) is 2. The highest BCUT2D eigenvalue weighted by atomic mass is 16.6. The second-order valence-corrected chi connectivity index (χ2v) is 5.66. The number of methoxy groups -OCH3 is 1. The molecule has 1 amide bonds. The van der Waals surface area contributed by atoms with Crippen LogP contribution in [-0.2, 0) is 9.47 Å². The molecule has 1 aliphatic rings. The van der Waals surface area contributed by atoms with Crippen molar-refractivity contribution in [3.8, 4) is 0 Å². The highest BCUT2D eigenvalue weighted by Crippen LogP contribution is 2.24. The van der Waals surface area contributed by atoms with Gasteiger partial charge < -0.3 is 14.4 Å². The Bertz CT molecular complexity index is 260. The number of piperidine rings is 1. The number of rotatable bonds is 2. The van der Waals surface area contributed by atoms with E-state index in [9.17, 15) is 4.79 Å². The number of hydrogen-bond donors (Lipinski definition) is 0. The average molecular weight is 243 g/mol. The van der Waals surface area contributed by atoms with E-state index in [2.05, 4.69) is 6.92 Å². The van der Waals surface area contributed by atoms with Crippen molar-refractivity contribution in [3.05, 3.63) is 0 Å². The van der Waals surface area contributed by atoms with Gasteiger partial charge in [0, 0.05) is 13.7 Å². The van der Waals surface area contributed by atoms with Gasteiger partial charge in [0.25, 0.3) is 0 Å². The molecule has 4 heteroatoms. The van der Waals surface area contributed by atoms with Gasteiger partial charge in [0.1, 0.15) is 5.60 Å². The van der Waals surface area contributed by atoms with Crippen LogP contribution in [-0.4, -0.2) is 42.9 Å². The summed E-state index contributed by atoms with van der Waals surface area (Å²) >= 11 is 0. The molecule has 0 N–H and O–H groups in total. The first-order valence-corrected chi connectivity index (χ1v) is 6.38. The molecule has 0 aliphatic carbocycles. The molecule has 17 heavy (non-hydrogen) atoms. The van der Waals surface area contributed by atoms with Crippen molar-refractivity contribution < 1.29 is 14.3 Å². The van der Waals surface area contributed by atoms with E-state index in [1.165, 1.54) is 0 Å². The highest BCUT2D eigenvalue weighted by Gasteiger charge is 2.32. The van der Waals surface area contributed by atoms with Crippen molar-refractivity contribution in [1.82, 2.24) is 4.90 Å². The molecular formula is C13H25NO3. The Morgan fingerprint density at radius 3 is 2.53 bits per heavy atom. The SMILES string of the molecule is CC[C@@H]1CCN(C(=O)OC(C)(C)C)C[C@@H]1OC. The van der Waals surface area contributed by atoms with Crippen LogP contribution in [0.15, 0.2) is 0 Å². The van der Waals surface area contributed by atoms with Crippen LogP contribution in [0.3, 0.4) is 0 Å². The minimum atomic E-state index is -0.429. The Kier molecular flexibility index (Phi) is 4.80. The molecule has 0 aromatic carbocycles. The molecule has 2 atom stereocenters. The minimum absolute atomic E-state index is 0.140. The van der Waals surface area contributed by atoms with Crippen molar-refractivity contribution in [3.63, 3.8) is 0 Å². The molecular weight excluding hydrogens is 218 g/mol. The second kappa shape index (κ2) is 5.71. The van der Waals surface area contributed by atoms with E-state index in [0.29, 0.717) is 12.5 Å². The zero-order chi connectivity index (χ0) is 13.1. The van der Waals surface area contributed by atoms with Crippen molar-refractivity contribution in [2.24, 2.45) is 5.92 Å². The van der Waals surface area contributed by atoms with Crippen molar-refractivity contribution >= 4 is 6.09 Å². The zero-order valence-corrected chi connectivity index (χ0v) is 11.7. The van der Waals surface area contributed by atoms with Crippen molar-refractivity contribution in [1.29, 1.82) is 0 Å². The molecule has 100 valence electrons. The number of hydrogen-bond acceptors (Lipinski definition) is 3. The smallest absolute Gasteiger partial charge is 0.410 e. The predicted octanol–water partition coefficient (Wildman–Crippen LogP) is 2.67. The number of carbonyl (C=O) groups excluding carboxylic acids is 1. The largest absolute Gasteiger partial charge is 0.444 e. The standard InChI is InChI=1S/C13H25NO3/c1-6-10-7-8-14(9-11(10)16-5)12(15)17-13(2,3)4/h10-11H,6-9H2,1-5H3/t10-,11+/m1/s1. The molecule has 0 radical (unpaired) electrons. The molecule has 0 aromatic rings. The van der Waals surface area contributed by atoms with Gasteiger partial charge in [0.15, 0.2) is 0 Å². The first-order chi connectivity index (χ1) is 7.87. The Balaban J connectivity index is 2.54. The Morgan fingerprint density at radius 1 is 1.41 bits per heavy atom. The van der Waals surface area contributed by atoms with Crippen LogP contribution < -0.4 is 0 Å². The Labute approximate surface area is 104 Å². The Hall–Kier alpha value is -0.770. The summed E-state index contributed by atoms with van der Waals surface area (Å²) in [7, 11) is 1.71. The van der Waals surface area contributed by atoms with Gasteiger partial charge in [0.2, 0.25) is 0 Å². The third-order valence-corrected chi connectivity index (χ3v) is 3.17. The van der Waals surface area contributed by atoms with Crippen LogP contribution in [0.4, 0.5) is 4.79 Å². The number of amides is 1. The fourth-order valence-electron chi connectivity index (χ4n) is 2.19. The molecule has 0 unspecified atom stereocenters. The van der Waals surface area contributed by atoms with Crippen molar-refractivity contribution in [2.45, 2.75) is 52.2 Å². The van der Waals surface area contributed by atoms with Gasteiger partial charge in [-0.2, -0.15) is 0 Å². The van der Waals surface area contributed by atoms with Gasteiger partial charge in [-0.05, 0) is 33.1 Å². The molecule has 0 bridgehead atoms. The molecule has 1 heterocycles. The first kappa shape index (κ1) is 14.3. The monoisotopic (exact) mass is 243 g/mol. The third-order valence-electron chi connectivity index (χ3n) is 3.17. The van der Waals surface area contributed by atoms with E-state index in [0.717, 1.165) is 19.4 Å². The lowest BCUT2D eigenvalue weighted by Crippen LogP contribution is -2.48. The lowest BCUT2D eigenvalue weighted by Gasteiger charge is -2.37. The Morgan fingerprint density at radius 2 is 2.06 bits per heavy atom. The van der Waals surface area contributed by atoms with Crippen LogP contribution in [0, 0.1) is 5.92 Å². The first-order valence-electron chi connectivity index (χ1n) is 6.38. The maximum Gasteiger partial charge on any atom is 0.410 e. The lowest BCUT2D eigenvalue weighted by atomic mass is 9.91. The molecule has 1 aliphatic heterocycles. The van der Waals surface area contributed by atoms with Gasteiger partial charge in [-0.25, -0.2) is 4.79 Å². The fourth-order valence-corrected chi connectivity index (χ4v) is 2.19.